The lowest BCUT2D eigenvalue weighted by molar-refractivity contribution is -0.131. The third kappa shape index (κ3) is 11.7. The molecule has 0 radical (unpaired) electrons. The first-order chi connectivity index (χ1) is 14.0. The van der Waals surface area contributed by atoms with Gasteiger partial charge in [-0.1, -0.05) is 101 Å². The second kappa shape index (κ2) is 15.3. The molecule has 0 saturated carbocycles. The van der Waals surface area contributed by atoms with E-state index in [1.54, 1.807) is 19.3 Å². The van der Waals surface area contributed by atoms with Crippen molar-refractivity contribution >= 4 is 42.3 Å². The number of carboxylic acids is 1. The lowest BCUT2D eigenvalue weighted by Crippen LogP contribution is -1.86. The fourth-order valence-corrected chi connectivity index (χ4v) is 2.70. The highest BCUT2D eigenvalue weighted by Gasteiger charge is 2.03. The van der Waals surface area contributed by atoms with Gasteiger partial charge in [-0.3, -0.25) is 0 Å². The van der Waals surface area contributed by atoms with Crippen molar-refractivity contribution < 1.29 is 14.6 Å². The number of hydrogen-bond acceptors (Lipinski definition) is 2. The summed E-state index contributed by atoms with van der Waals surface area (Å²) in [5, 5.41) is 8.42. The Morgan fingerprint density at radius 3 is 1.83 bits per heavy atom. The van der Waals surface area contributed by atoms with Crippen LogP contribution in [0.15, 0.2) is 114 Å². The van der Waals surface area contributed by atoms with E-state index in [-0.39, 0.29) is 0 Å². The van der Waals surface area contributed by atoms with Crippen molar-refractivity contribution in [2.45, 2.75) is 0 Å². The molecular weight excluding hydrogens is 496 g/mol. The van der Waals surface area contributed by atoms with Crippen molar-refractivity contribution in [3.63, 3.8) is 0 Å². The van der Waals surface area contributed by atoms with Crippen molar-refractivity contribution in [3.8, 4) is 5.75 Å². The number of halogens is 2. The first kappa shape index (κ1) is 24.4. The highest BCUT2D eigenvalue weighted by Crippen LogP contribution is 2.30. The Hall–Kier alpha value is -2.63. The summed E-state index contributed by atoms with van der Waals surface area (Å²) in [6.07, 6.45) is 27.0. The third-order valence-electron chi connectivity index (χ3n) is 3.24. The highest BCUT2D eigenvalue weighted by molar-refractivity contribution is 9.15. The average molecular weight is 518 g/mol. The topological polar surface area (TPSA) is 46.5 Å². The Balaban J connectivity index is 2.42. The van der Waals surface area contributed by atoms with Crippen LogP contribution in [0.5, 0.6) is 5.75 Å². The summed E-state index contributed by atoms with van der Waals surface area (Å²) in [7, 11) is 1.64. The molecule has 0 spiro atoms. The van der Waals surface area contributed by atoms with Crippen LogP contribution in [-0.2, 0) is 4.79 Å². The highest BCUT2D eigenvalue weighted by atomic mass is 79.9. The van der Waals surface area contributed by atoms with Gasteiger partial charge in [-0.2, -0.15) is 0 Å². The molecule has 29 heavy (non-hydrogen) atoms. The van der Waals surface area contributed by atoms with E-state index >= 15 is 0 Å². The molecule has 1 rings (SSSR count). The maximum atomic E-state index is 10.3. The summed E-state index contributed by atoms with van der Waals surface area (Å²) in [6.45, 7) is 0. The molecule has 0 saturated heterocycles. The Kier molecular flexibility index (Phi) is 12.9. The fraction of sp³-hybridized carbons (Fsp3) is 0.0417. The van der Waals surface area contributed by atoms with E-state index in [0.717, 1.165) is 26.3 Å². The van der Waals surface area contributed by atoms with Crippen LogP contribution in [0, 0.1) is 0 Å². The molecule has 0 atom stereocenters. The number of methoxy groups -OCH3 is 1. The molecule has 0 aliphatic heterocycles. The van der Waals surface area contributed by atoms with Crippen LogP contribution in [0.3, 0.4) is 0 Å². The number of carboxylic acid groups (broad SMARTS) is 1. The molecule has 1 aromatic carbocycles. The molecule has 1 aromatic rings. The summed E-state index contributed by atoms with van der Waals surface area (Å²) in [5.74, 6) is -0.170. The Bertz CT molecular complexity index is 899. The van der Waals surface area contributed by atoms with Crippen molar-refractivity contribution in [3.05, 3.63) is 119 Å². The standard InChI is InChI=1S/C24H22Br2O3/c1-29-23-19-20(17-18-22(23)26)21(25)15-13-11-9-7-5-3-2-4-6-8-10-12-14-16-24(27)28/h2-19H,1H3,(H,27,28)/b4-2+,5-3+,8-6+,9-7+,12-10+,13-11+,16-14+,21-15-. The first-order valence-electron chi connectivity index (χ1n) is 8.65. The quantitative estimate of drug-likeness (QED) is 0.264. The Morgan fingerprint density at radius 1 is 0.862 bits per heavy atom. The van der Waals surface area contributed by atoms with E-state index in [1.165, 1.54) is 6.08 Å². The van der Waals surface area contributed by atoms with Crippen LogP contribution in [-0.4, -0.2) is 18.2 Å². The van der Waals surface area contributed by atoms with Gasteiger partial charge in [-0.15, -0.1) is 0 Å². The van der Waals surface area contributed by atoms with Gasteiger partial charge >= 0.3 is 5.97 Å². The van der Waals surface area contributed by atoms with Gasteiger partial charge in [0.25, 0.3) is 0 Å². The maximum absolute atomic E-state index is 10.3. The number of ether oxygens (including phenoxy) is 1. The van der Waals surface area contributed by atoms with Crippen LogP contribution >= 0.6 is 31.9 Å². The van der Waals surface area contributed by atoms with Gasteiger partial charge in [0.1, 0.15) is 5.75 Å². The van der Waals surface area contributed by atoms with Crippen molar-refractivity contribution in [1.82, 2.24) is 0 Å². The molecule has 0 aliphatic rings. The molecule has 1 N–H and O–H groups in total. The Labute approximate surface area is 188 Å². The molecule has 150 valence electrons. The minimum Gasteiger partial charge on any atom is -0.496 e. The molecule has 0 heterocycles. The number of carbonyl (C=O) groups is 1. The molecule has 0 aromatic heterocycles. The minimum absolute atomic E-state index is 0.788. The number of hydrogen-bond donors (Lipinski definition) is 1. The lowest BCUT2D eigenvalue weighted by Gasteiger charge is -2.05. The van der Waals surface area contributed by atoms with Gasteiger partial charge in [0.15, 0.2) is 0 Å². The lowest BCUT2D eigenvalue weighted by atomic mass is 10.2. The van der Waals surface area contributed by atoms with Gasteiger partial charge < -0.3 is 9.84 Å². The Morgan fingerprint density at radius 2 is 1.34 bits per heavy atom. The molecule has 0 fully saturated rings. The molecule has 0 amide bonds. The monoisotopic (exact) mass is 516 g/mol. The van der Waals surface area contributed by atoms with Crippen LogP contribution in [0.1, 0.15) is 5.56 Å². The predicted octanol–water partition coefficient (Wildman–Crippen LogP) is 7.17. The second-order valence-electron chi connectivity index (χ2n) is 5.37. The first-order valence-corrected chi connectivity index (χ1v) is 10.2. The van der Waals surface area contributed by atoms with Crippen LogP contribution in [0.25, 0.3) is 4.48 Å². The average Bonchev–Trinajstić information content (AvgIpc) is 2.70. The van der Waals surface area contributed by atoms with E-state index in [2.05, 4.69) is 31.9 Å². The van der Waals surface area contributed by atoms with Gasteiger partial charge in [0, 0.05) is 10.6 Å². The van der Waals surface area contributed by atoms with E-state index in [4.69, 9.17) is 9.84 Å². The van der Waals surface area contributed by atoms with Gasteiger partial charge in [-0.25, -0.2) is 4.79 Å². The predicted molar refractivity (Wildman–Crippen MR) is 129 cm³/mol. The van der Waals surface area contributed by atoms with Crippen molar-refractivity contribution in [2.75, 3.05) is 7.11 Å². The van der Waals surface area contributed by atoms with E-state index in [1.807, 2.05) is 85.0 Å². The SMILES string of the molecule is COc1cc(/C(Br)=C/C=C/C=C/C=C/C=C/C=C/C=C/C=C/C(=O)O)ccc1Br. The van der Waals surface area contributed by atoms with E-state index < -0.39 is 5.97 Å². The molecule has 0 bridgehead atoms. The van der Waals surface area contributed by atoms with E-state index in [0.29, 0.717) is 0 Å². The number of allylic oxidation sites excluding steroid dienone is 14. The number of rotatable bonds is 10. The summed E-state index contributed by atoms with van der Waals surface area (Å²) in [5.41, 5.74) is 1.03. The molecular formula is C24H22Br2O3. The van der Waals surface area contributed by atoms with Crippen molar-refractivity contribution in [2.24, 2.45) is 0 Å². The van der Waals surface area contributed by atoms with E-state index in [9.17, 15) is 4.79 Å². The minimum atomic E-state index is -0.958. The largest absolute Gasteiger partial charge is 0.496 e. The second-order valence-corrected chi connectivity index (χ2v) is 7.08. The molecule has 0 unspecified atom stereocenters. The molecule has 5 heteroatoms. The van der Waals surface area contributed by atoms with Gasteiger partial charge in [0.2, 0.25) is 0 Å². The summed E-state index contributed by atoms with van der Waals surface area (Å²) >= 11 is 7.01. The van der Waals surface area contributed by atoms with Crippen molar-refractivity contribution in [1.29, 1.82) is 0 Å². The number of benzene rings is 1. The number of aliphatic carboxylic acids is 1. The van der Waals surface area contributed by atoms with Gasteiger partial charge in [-0.05, 0) is 39.7 Å². The zero-order valence-electron chi connectivity index (χ0n) is 15.9. The summed E-state index contributed by atoms with van der Waals surface area (Å²) < 4.78 is 7.19. The smallest absolute Gasteiger partial charge is 0.328 e. The maximum Gasteiger partial charge on any atom is 0.328 e. The third-order valence-corrected chi connectivity index (χ3v) is 4.62. The summed E-state index contributed by atoms with van der Waals surface area (Å²) in [4.78, 5) is 10.3. The summed E-state index contributed by atoms with van der Waals surface area (Å²) in [6, 6.07) is 5.91. The van der Waals surface area contributed by atoms with Crippen LogP contribution in [0.2, 0.25) is 0 Å². The fourth-order valence-electron chi connectivity index (χ4n) is 1.89. The van der Waals surface area contributed by atoms with Gasteiger partial charge in [0.05, 0.1) is 11.6 Å². The molecule has 3 nitrogen and oxygen atoms in total. The normalized spacial score (nSPS) is 13.6. The zero-order chi connectivity index (χ0) is 21.3. The molecule has 0 aliphatic carbocycles. The van der Waals surface area contributed by atoms with Crippen LogP contribution in [0.4, 0.5) is 0 Å². The zero-order valence-corrected chi connectivity index (χ0v) is 19.1. The van der Waals surface area contributed by atoms with Crippen LogP contribution < -0.4 is 4.74 Å².